The molecule has 0 aliphatic carbocycles. The molecule has 1 saturated heterocycles. The van der Waals surface area contributed by atoms with Crippen LogP contribution >= 0.6 is 22.9 Å². The van der Waals surface area contributed by atoms with Crippen LogP contribution in [0.25, 0.3) is 0 Å². The third-order valence-corrected chi connectivity index (χ3v) is 4.90. The van der Waals surface area contributed by atoms with Crippen LogP contribution in [0.3, 0.4) is 0 Å². The number of amides is 1. The number of carbonyl (C=O) groups excluding carboxylic acids is 1. The summed E-state index contributed by atoms with van der Waals surface area (Å²) in [5.41, 5.74) is 0.788. The number of ether oxygens (including phenoxy) is 1. The number of hydrogen-bond donors (Lipinski definition) is 2. The summed E-state index contributed by atoms with van der Waals surface area (Å²) in [6.45, 7) is 2.28. The van der Waals surface area contributed by atoms with Crippen molar-refractivity contribution in [2.75, 3.05) is 13.1 Å². The van der Waals surface area contributed by atoms with Crippen LogP contribution in [-0.2, 0) is 17.8 Å². The minimum atomic E-state index is 0.0270. The Labute approximate surface area is 150 Å². The number of aromatic nitrogens is 1. The summed E-state index contributed by atoms with van der Waals surface area (Å²) in [7, 11) is 0. The molecule has 1 unspecified atom stereocenters. The first-order valence-corrected chi connectivity index (χ1v) is 9.26. The molecule has 1 fully saturated rings. The number of carbonyl (C=O) groups is 1. The maximum atomic E-state index is 12.1. The van der Waals surface area contributed by atoms with Gasteiger partial charge < -0.3 is 15.4 Å². The van der Waals surface area contributed by atoms with Gasteiger partial charge in [0.25, 0.3) is 0 Å². The molecule has 128 valence electrons. The van der Waals surface area contributed by atoms with Crippen molar-refractivity contribution >= 4 is 28.8 Å². The monoisotopic (exact) mass is 365 g/mol. The molecule has 7 heteroatoms. The van der Waals surface area contributed by atoms with Crippen LogP contribution in [0.5, 0.6) is 5.75 Å². The van der Waals surface area contributed by atoms with Crippen LogP contribution in [0.1, 0.15) is 23.5 Å². The van der Waals surface area contributed by atoms with E-state index in [4.69, 9.17) is 16.3 Å². The SMILES string of the molecule is O=C(Cc1csc(COc2ccc(Cl)cc2)n1)NC1CCCNC1. The lowest BCUT2D eigenvalue weighted by Crippen LogP contribution is -2.46. The third kappa shape index (κ3) is 5.19. The van der Waals surface area contributed by atoms with Crippen LogP contribution in [-0.4, -0.2) is 30.0 Å². The molecule has 3 rings (SSSR count). The molecule has 2 N–H and O–H groups in total. The summed E-state index contributed by atoms with van der Waals surface area (Å²) >= 11 is 7.35. The number of halogens is 1. The number of hydrogen-bond acceptors (Lipinski definition) is 5. The summed E-state index contributed by atoms with van der Waals surface area (Å²) in [5, 5.41) is 9.80. The molecule has 1 aromatic heterocycles. The fourth-order valence-electron chi connectivity index (χ4n) is 2.59. The Morgan fingerprint density at radius 2 is 2.25 bits per heavy atom. The standard InChI is InChI=1S/C17H20ClN3O2S/c18-12-3-5-15(6-4-12)23-10-17-21-14(11-24-17)8-16(22)20-13-2-1-7-19-9-13/h3-6,11,13,19H,1-2,7-10H2,(H,20,22). The van der Waals surface area contributed by atoms with Gasteiger partial charge in [0.1, 0.15) is 17.4 Å². The highest BCUT2D eigenvalue weighted by atomic mass is 35.5. The minimum absolute atomic E-state index is 0.0270. The Kier molecular flexibility index (Phi) is 6.07. The number of benzene rings is 1. The smallest absolute Gasteiger partial charge is 0.226 e. The van der Waals surface area contributed by atoms with Gasteiger partial charge >= 0.3 is 0 Å². The quantitative estimate of drug-likeness (QED) is 0.826. The van der Waals surface area contributed by atoms with Crippen molar-refractivity contribution < 1.29 is 9.53 Å². The fraction of sp³-hybridized carbons (Fsp3) is 0.412. The van der Waals surface area contributed by atoms with E-state index >= 15 is 0 Å². The first kappa shape index (κ1) is 17.2. The van der Waals surface area contributed by atoms with Crippen molar-refractivity contribution in [1.29, 1.82) is 0 Å². The van der Waals surface area contributed by atoms with E-state index in [-0.39, 0.29) is 11.9 Å². The van der Waals surface area contributed by atoms with Crippen molar-refractivity contribution in [3.05, 3.63) is 45.4 Å². The number of thiazole rings is 1. The average molecular weight is 366 g/mol. The topological polar surface area (TPSA) is 63.2 Å². The van der Waals surface area contributed by atoms with Gasteiger partial charge in [-0.25, -0.2) is 4.98 Å². The second-order valence-corrected chi connectivity index (χ2v) is 7.14. The molecule has 0 radical (unpaired) electrons. The van der Waals surface area contributed by atoms with Gasteiger partial charge in [0.2, 0.25) is 5.91 Å². The Morgan fingerprint density at radius 3 is 3.00 bits per heavy atom. The normalized spacial score (nSPS) is 17.5. The van der Waals surface area contributed by atoms with E-state index in [9.17, 15) is 4.79 Å². The lowest BCUT2D eigenvalue weighted by Gasteiger charge is -2.23. The van der Waals surface area contributed by atoms with E-state index in [1.807, 2.05) is 17.5 Å². The first-order valence-electron chi connectivity index (χ1n) is 8.01. The highest BCUT2D eigenvalue weighted by molar-refractivity contribution is 7.09. The van der Waals surface area contributed by atoms with Crippen molar-refractivity contribution in [2.45, 2.75) is 31.9 Å². The second-order valence-electron chi connectivity index (χ2n) is 5.76. The number of rotatable bonds is 6. The summed E-state index contributed by atoms with van der Waals surface area (Å²) in [6.07, 6.45) is 2.46. The average Bonchev–Trinajstić information content (AvgIpc) is 3.02. The maximum absolute atomic E-state index is 12.1. The molecule has 0 saturated carbocycles. The summed E-state index contributed by atoms with van der Waals surface area (Å²) in [4.78, 5) is 16.6. The highest BCUT2D eigenvalue weighted by Gasteiger charge is 2.16. The zero-order valence-corrected chi connectivity index (χ0v) is 14.8. The molecule has 24 heavy (non-hydrogen) atoms. The number of piperidine rings is 1. The predicted molar refractivity (Wildman–Crippen MR) is 95.6 cm³/mol. The van der Waals surface area contributed by atoms with Crippen LogP contribution in [0.2, 0.25) is 5.02 Å². The van der Waals surface area contributed by atoms with Gasteiger partial charge in [0.15, 0.2) is 0 Å². The van der Waals surface area contributed by atoms with Gasteiger partial charge in [-0.05, 0) is 43.7 Å². The number of nitrogens with one attached hydrogen (secondary N) is 2. The Bertz CT molecular complexity index is 669. The maximum Gasteiger partial charge on any atom is 0.226 e. The predicted octanol–water partition coefficient (Wildman–Crippen LogP) is 2.79. The molecule has 1 aromatic carbocycles. The molecule has 1 aliphatic rings. The molecule has 2 aromatic rings. The molecule has 1 amide bonds. The highest BCUT2D eigenvalue weighted by Crippen LogP contribution is 2.18. The van der Waals surface area contributed by atoms with E-state index in [1.54, 1.807) is 12.1 Å². The molecule has 5 nitrogen and oxygen atoms in total. The Hall–Kier alpha value is -1.63. The van der Waals surface area contributed by atoms with E-state index in [0.29, 0.717) is 18.1 Å². The van der Waals surface area contributed by atoms with Gasteiger partial charge in [0, 0.05) is 23.0 Å². The van der Waals surface area contributed by atoms with Crippen LogP contribution in [0, 0.1) is 0 Å². The lowest BCUT2D eigenvalue weighted by molar-refractivity contribution is -0.121. The molecule has 0 spiro atoms. The molecular formula is C17H20ClN3O2S. The molecule has 2 heterocycles. The summed E-state index contributed by atoms with van der Waals surface area (Å²) in [5.74, 6) is 0.776. The van der Waals surface area contributed by atoms with Crippen molar-refractivity contribution in [3.63, 3.8) is 0 Å². The van der Waals surface area contributed by atoms with Gasteiger partial charge in [-0.3, -0.25) is 4.79 Å². The van der Waals surface area contributed by atoms with Crippen LogP contribution < -0.4 is 15.4 Å². The number of nitrogens with zero attached hydrogens (tertiary/aromatic N) is 1. The largest absolute Gasteiger partial charge is 0.486 e. The minimum Gasteiger partial charge on any atom is -0.486 e. The van der Waals surface area contributed by atoms with Crippen molar-refractivity contribution in [2.24, 2.45) is 0 Å². The van der Waals surface area contributed by atoms with Crippen LogP contribution in [0.4, 0.5) is 0 Å². The second kappa shape index (κ2) is 8.46. The van der Waals surface area contributed by atoms with E-state index in [2.05, 4.69) is 15.6 Å². The zero-order valence-electron chi connectivity index (χ0n) is 13.3. The summed E-state index contributed by atoms with van der Waals surface area (Å²) < 4.78 is 5.67. The van der Waals surface area contributed by atoms with Gasteiger partial charge in [-0.2, -0.15) is 0 Å². The van der Waals surface area contributed by atoms with Crippen molar-refractivity contribution in [1.82, 2.24) is 15.6 Å². The Balaban J connectivity index is 1.46. The molecular weight excluding hydrogens is 346 g/mol. The van der Waals surface area contributed by atoms with Crippen LogP contribution in [0.15, 0.2) is 29.6 Å². The molecule has 1 aliphatic heterocycles. The van der Waals surface area contributed by atoms with Crippen molar-refractivity contribution in [3.8, 4) is 5.75 Å². The van der Waals surface area contributed by atoms with E-state index in [1.165, 1.54) is 11.3 Å². The first-order chi connectivity index (χ1) is 11.7. The zero-order chi connectivity index (χ0) is 16.8. The third-order valence-electron chi connectivity index (χ3n) is 3.78. The van der Waals surface area contributed by atoms with E-state index < -0.39 is 0 Å². The van der Waals surface area contributed by atoms with Gasteiger partial charge in [-0.1, -0.05) is 11.6 Å². The molecule has 0 bridgehead atoms. The summed E-state index contributed by atoms with van der Waals surface area (Å²) in [6, 6.07) is 7.45. The lowest BCUT2D eigenvalue weighted by atomic mass is 10.1. The fourth-order valence-corrected chi connectivity index (χ4v) is 3.42. The van der Waals surface area contributed by atoms with E-state index in [0.717, 1.165) is 42.4 Å². The molecule has 1 atom stereocenters. The van der Waals surface area contributed by atoms with Gasteiger partial charge in [-0.15, -0.1) is 11.3 Å². The van der Waals surface area contributed by atoms with Gasteiger partial charge in [0.05, 0.1) is 12.1 Å². The Morgan fingerprint density at radius 1 is 1.42 bits per heavy atom.